The molecule has 1 aromatic heterocycles. The summed E-state index contributed by atoms with van der Waals surface area (Å²) in [5.41, 5.74) is 2.44. The Hall–Kier alpha value is -1.74. The number of ether oxygens (including phenoxy) is 1. The monoisotopic (exact) mass is 287 g/mol. The molecule has 0 amide bonds. The number of hydrogen-bond donors (Lipinski definition) is 1. The molecule has 2 rings (SSSR count). The maximum absolute atomic E-state index is 5.62. The minimum absolute atomic E-state index is 0.152. The smallest absolute Gasteiger partial charge is 0.119 e. The highest BCUT2D eigenvalue weighted by Crippen LogP contribution is 2.28. The largest absolute Gasteiger partial charge is 0.494 e. The Morgan fingerprint density at radius 1 is 1.19 bits per heavy atom. The summed E-state index contributed by atoms with van der Waals surface area (Å²) >= 11 is 0. The van der Waals surface area contributed by atoms with Gasteiger partial charge < -0.3 is 14.5 Å². The van der Waals surface area contributed by atoms with E-state index in [4.69, 9.17) is 9.15 Å². The molecule has 0 saturated heterocycles. The molecule has 3 heteroatoms. The molecule has 2 aromatic rings. The zero-order valence-electron chi connectivity index (χ0n) is 13.2. The van der Waals surface area contributed by atoms with Gasteiger partial charge in [-0.05, 0) is 43.7 Å². The molecule has 0 aliphatic carbocycles. The van der Waals surface area contributed by atoms with Crippen molar-refractivity contribution in [2.24, 2.45) is 0 Å². The number of nitrogens with one attached hydrogen (secondary N) is 1. The van der Waals surface area contributed by atoms with Gasteiger partial charge in [0, 0.05) is 12.0 Å². The molecule has 0 aliphatic rings. The van der Waals surface area contributed by atoms with Crippen molar-refractivity contribution >= 4 is 0 Å². The normalized spacial score (nSPS) is 12.3. The van der Waals surface area contributed by atoms with Gasteiger partial charge in [-0.15, -0.1) is 0 Å². The lowest BCUT2D eigenvalue weighted by molar-refractivity contribution is 0.339. The van der Waals surface area contributed by atoms with E-state index in [0.29, 0.717) is 6.61 Å². The van der Waals surface area contributed by atoms with E-state index in [1.807, 2.05) is 19.1 Å². The summed E-state index contributed by atoms with van der Waals surface area (Å²) < 4.78 is 11.2. The van der Waals surface area contributed by atoms with Crippen LogP contribution >= 0.6 is 0 Å². The van der Waals surface area contributed by atoms with Crippen LogP contribution in [0.3, 0.4) is 0 Å². The fraction of sp³-hybridized carbons (Fsp3) is 0.444. The Kier molecular flexibility index (Phi) is 5.88. The average molecular weight is 287 g/mol. The van der Waals surface area contributed by atoms with E-state index in [9.17, 15) is 0 Å². The first-order chi connectivity index (χ1) is 10.3. The molecule has 0 bridgehead atoms. The van der Waals surface area contributed by atoms with Crippen LogP contribution in [0.25, 0.3) is 0 Å². The molecule has 0 radical (unpaired) electrons. The molecule has 0 spiro atoms. The molecule has 114 valence electrons. The minimum Gasteiger partial charge on any atom is -0.494 e. The Morgan fingerprint density at radius 2 is 2.05 bits per heavy atom. The third-order valence-corrected chi connectivity index (χ3v) is 3.51. The van der Waals surface area contributed by atoms with E-state index < -0.39 is 0 Å². The number of furan rings is 1. The maximum atomic E-state index is 5.62. The summed E-state index contributed by atoms with van der Waals surface area (Å²) in [5.74, 6) is 1.96. The summed E-state index contributed by atoms with van der Waals surface area (Å²) in [6, 6.07) is 10.5. The van der Waals surface area contributed by atoms with Gasteiger partial charge in [-0.3, -0.25) is 0 Å². The molecule has 1 atom stereocenters. The SMILES string of the molecule is CCCNC(c1cccc(OCC)c1)c1ccoc1CC. The predicted octanol–water partition coefficient (Wildman–Crippen LogP) is 4.33. The van der Waals surface area contributed by atoms with Gasteiger partial charge in [0.25, 0.3) is 0 Å². The third-order valence-electron chi connectivity index (χ3n) is 3.51. The van der Waals surface area contributed by atoms with E-state index in [1.54, 1.807) is 6.26 Å². The number of rotatable bonds is 8. The Bertz CT molecular complexity index is 548. The van der Waals surface area contributed by atoms with Gasteiger partial charge in [0.05, 0.1) is 18.9 Å². The molecule has 1 N–H and O–H groups in total. The lowest BCUT2D eigenvalue weighted by Gasteiger charge is -2.20. The van der Waals surface area contributed by atoms with Gasteiger partial charge in [-0.1, -0.05) is 26.0 Å². The predicted molar refractivity (Wildman–Crippen MR) is 85.8 cm³/mol. The Labute approximate surface area is 127 Å². The second kappa shape index (κ2) is 7.89. The second-order valence-electron chi connectivity index (χ2n) is 5.05. The van der Waals surface area contributed by atoms with Gasteiger partial charge in [0.2, 0.25) is 0 Å². The lowest BCUT2D eigenvalue weighted by Crippen LogP contribution is -2.23. The van der Waals surface area contributed by atoms with E-state index in [2.05, 4.69) is 37.4 Å². The van der Waals surface area contributed by atoms with Crippen molar-refractivity contribution < 1.29 is 9.15 Å². The highest BCUT2D eigenvalue weighted by Gasteiger charge is 2.18. The fourth-order valence-electron chi connectivity index (χ4n) is 2.54. The van der Waals surface area contributed by atoms with Crippen LogP contribution in [0.15, 0.2) is 41.0 Å². The molecule has 1 heterocycles. The molecule has 1 aromatic carbocycles. The molecular weight excluding hydrogens is 262 g/mol. The van der Waals surface area contributed by atoms with Crippen LogP contribution in [0, 0.1) is 0 Å². The zero-order valence-corrected chi connectivity index (χ0v) is 13.2. The zero-order chi connectivity index (χ0) is 15.1. The van der Waals surface area contributed by atoms with Crippen molar-refractivity contribution in [3.8, 4) is 5.75 Å². The van der Waals surface area contributed by atoms with Crippen molar-refractivity contribution in [2.75, 3.05) is 13.2 Å². The first kappa shape index (κ1) is 15.6. The Morgan fingerprint density at radius 3 is 2.76 bits per heavy atom. The highest BCUT2D eigenvalue weighted by atomic mass is 16.5. The van der Waals surface area contributed by atoms with Crippen LogP contribution in [-0.2, 0) is 6.42 Å². The summed E-state index contributed by atoms with van der Waals surface area (Å²) in [7, 11) is 0. The van der Waals surface area contributed by atoms with E-state index in [1.165, 1.54) is 11.1 Å². The van der Waals surface area contributed by atoms with Crippen LogP contribution in [0.2, 0.25) is 0 Å². The summed E-state index contributed by atoms with van der Waals surface area (Å²) in [6.07, 6.45) is 3.78. The van der Waals surface area contributed by atoms with Crippen LogP contribution in [-0.4, -0.2) is 13.2 Å². The van der Waals surface area contributed by atoms with E-state index >= 15 is 0 Å². The van der Waals surface area contributed by atoms with Crippen molar-refractivity contribution in [1.82, 2.24) is 5.32 Å². The van der Waals surface area contributed by atoms with Crippen LogP contribution < -0.4 is 10.1 Å². The molecule has 21 heavy (non-hydrogen) atoms. The van der Waals surface area contributed by atoms with Crippen molar-refractivity contribution in [2.45, 2.75) is 39.7 Å². The molecule has 0 saturated carbocycles. The quantitative estimate of drug-likeness (QED) is 0.784. The summed E-state index contributed by atoms with van der Waals surface area (Å²) in [4.78, 5) is 0. The van der Waals surface area contributed by atoms with Gasteiger partial charge in [-0.25, -0.2) is 0 Å². The van der Waals surface area contributed by atoms with Crippen LogP contribution in [0.4, 0.5) is 0 Å². The molecule has 0 aliphatic heterocycles. The molecule has 0 fully saturated rings. The van der Waals surface area contributed by atoms with E-state index in [0.717, 1.165) is 30.9 Å². The average Bonchev–Trinajstić information content (AvgIpc) is 2.97. The van der Waals surface area contributed by atoms with Gasteiger partial charge in [0.15, 0.2) is 0 Å². The standard InChI is InChI=1S/C18H25NO2/c1-4-11-19-18(16-10-12-21-17(16)5-2)14-8-7-9-15(13-14)20-6-3/h7-10,12-13,18-19H,4-6,11H2,1-3H3. The van der Waals surface area contributed by atoms with Gasteiger partial charge in [0.1, 0.15) is 11.5 Å². The fourth-order valence-corrected chi connectivity index (χ4v) is 2.54. The van der Waals surface area contributed by atoms with E-state index in [-0.39, 0.29) is 6.04 Å². The minimum atomic E-state index is 0.152. The Balaban J connectivity index is 2.33. The van der Waals surface area contributed by atoms with Crippen molar-refractivity contribution in [3.63, 3.8) is 0 Å². The number of hydrogen-bond acceptors (Lipinski definition) is 3. The lowest BCUT2D eigenvalue weighted by atomic mass is 9.98. The molecular formula is C18H25NO2. The van der Waals surface area contributed by atoms with Crippen molar-refractivity contribution in [1.29, 1.82) is 0 Å². The number of benzene rings is 1. The van der Waals surface area contributed by atoms with Crippen molar-refractivity contribution in [3.05, 3.63) is 53.5 Å². The first-order valence-electron chi connectivity index (χ1n) is 7.82. The third kappa shape index (κ3) is 3.88. The topological polar surface area (TPSA) is 34.4 Å². The maximum Gasteiger partial charge on any atom is 0.119 e. The number of aryl methyl sites for hydroxylation is 1. The van der Waals surface area contributed by atoms with Crippen LogP contribution in [0.1, 0.15) is 50.1 Å². The molecule has 1 unspecified atom stereocenters. The highest BCUT2D eigenvalue weighted by molar-refractivity contribution is 5.37. The molecule has 3 nitrogen and oxygen atoms in total. The van der Waals surface area contributed by atoms with Crippen LogP contribution in [0.5, 0.6) is 5.75 Å². The summed E-state index contributed by atoms with van der Waals surface area (Å²) in [6.45, 7) is 7.96. The van der Waals surface area contributed by atoms with Gasteiger partial charge >= 0.3 is 0 Å². The second-order valence-corrected chi connectivity index (χ2v) is 5.05. The summed E-state index contributed by atoms with van der Waals surface area (Å²) in [5, 5.41) is 3.62. The first-order valence-corrected chi connectivity index (χ1v) is 7.82. The van der Waals surface area contributed by atoms with Gasteiger partial charge in [-0.2, -0.15) is 0 Å².